The number of hydrogen-bond donors (Lipinski definition) is 1. The summed E-state index contributed by atoms with van der Waals surface area (Å²) in [6.07, 6.45) is 0. The minimum atomic E-state index is -1.10. The maximum Gasteiger partial charge on any atom is 0.326 e. The number of carboxylic acids is 1. The summed E-state index contributed by atoms with van der Waals surface area (Å²) in [6.45, 7) is 1.41. The number of pyridine rings is 1. The zero-order valence-electron chi connectivity index (χ0n) is 10.2. The van der Waals surface area contributed by atoms with Crippen molar-refractivity contribution in [3.63, 3.8) is 0 Å². The number of methoxy groups -OCH3 is 1. The predicted molar refractivity (Wildman–Crippen MR) is 62.9 cm³/mol. The molecule has 8 nitrogen and oxygen atoms in total. The van der Waals surface area contributed by atoms with Gasteiger partial charge >= 0.3 is 11.7 Å². The summed E-state index contributed by atoms with van der Waals surface area (Å²) in [5.74, 6) is -0.967. The van der Waals surface area contributed by atoms with Crippen LogP contribution in [-0.4, -0.2) is 41.2 Å². The molecule has 1 aromatic rings. The van der Waals surface area contributed by atoms with Crippen LogP contribution in [0, 0.1) is 10.1 Å². The molecule has 0 amide bonds. The van der Waals surface area contributed by atoms with Crippen LogP contribution in [0.5, 0.6) is 5.88 Å². The fourth-order valence-corrected chi connectivity index (χ4v) is 1.29. The first-order chi connectivity index (χ1) is 8.38. The minimum Gasteiger partial charge on any atom is -0.481 e. The molecular weight excluding hydrogens is 242 g/mol. The van der Waals surface area contributed by atoms with Gasteiger partial charge in [0.1, 0.15) is 6.04 Å². The molecule has 0 bridgehead atoms. The number of nitrogens with zero attached hydrogens (tertiary/aromatic N) is 3. The zero-order valence-corrected chi connectivity index (χ0v) is 10.2. The molecule has 1 N–H and O–H groups in total. The van der Waals surface area contributed by atoms with Crippen molar-refractivity contribution in [1.82, 2.24) is 4.98 Å². The van der Waals surface area contributed by atoms with E-state index in [9.17, 15) is 14.9 Å². The van der Waals surface area contributed by atoms with Gasteiger partial charge in [-0.1, -0.05) is 0 Å². The second-order valence-corrected chi connectivity index (χ2v) is 3.58. The average Bonchev–Trinajstić information content (AvgIpc) is 2.35. The molecule has 8 heteroatoms. The third-order valence-corrected chi connectivity index (χ3v) is 2.51. The second-order valence-electron chi connectivity index (χ2n) is 3.58. The molecule has 18 heavy (non-hydrogen) atoms. The first-order valence-electron chi connectivity index (χ1n) is 5.03. The molecule has 0 fully saturated rings. The Hall–Kier alpha value is -2.38. The third-order valence-electron chi connectivity index (χ3n) is 2.51. The summed E-state index contributed by atoms with van der Waals surface area (Å²) >= 11 is 0. The van der Waals surface area contributed by atoms with Crippen LogP contribution < -0.4 is 9.64 Å². The van der Waals surface area contributed by atoms with Gasteiger partial charge in [-0.2, -0.15) is 4.98 Å². The quantitative estimate of drug-likeness (QED) is 0.615. The van der Waals surface area contributed by atoms with Crippen LogP contribution in [0.25, 0.3) is 0 Å². The Kier molecular flexibility index (Phi) is 4.03. The largest absolute Gasteiger partial charge is 0.481 e. The van der Waals surface area contributed by atoms with E-state index in [1.807, 2.05) is 0 Å². The maximum atomic E-state index is 10.9. The van der Waals surface area contributed by atoms with Gasteiger partial charge in [0.15, 0.2) is 0 Å². The highest BCUT2D eigenvalue weighted by Gasteiger charge is 2.26. The van der Waals surface area contributed by atoms with E-state index in [1.165, 1.54) is 38.1 Å². The summed E-state index contributed by atoms with van der Waals surface area (Å²) in [6, 6.07) is 1.64. The summed E-state index contributed by atoms with van der Waals surface area (Å²) in [5, 5.41) is 19.8. The van der Waals surface area contributed by atoms with Crippen LogP contribution in [0.3, 0.4) is 0 Å². The van der Waals surface area contributed by atoms with Crippen molar-refractivity contribution >= 4 is 17.5 Å². The molecule has 0 aliphatic carbocycles. The van der Waals surface area contributed by atoms with Crippen molar-refractivity contribution in [2.75, 3.05) is 19.1 Å². The molecule has 1 heterocycles. The lowest BCUT2D eigenvalue weighted by Gasteiger charge is -2.22. The zero-order chi connectivity index (χ0) is 13.9. The van der Waals surface area contributed by atoms with Crippen molar-refractivity contribution in [1.29, 1.82) is 0 Å². The molecule has 0 saturated carbocycles. The Balaban J connectivity index is 3.26. The second kappa shape index (κ2) is 5.30. The molecular formula is C10H13N3O5. The molecule has 1 unspecified atom stereocenters. The van der Waals surface area contributed by atoms with Gasteiger partial charge in [0.2, 0.25) is 11.7 Å². The highest BCUT2D eigenvalue weighted by molar-refractivity contribution is 5.78. The van der Waals surface area contributed by atoms with Crippen LogP contribution in [0.15, 0.2) is 12.1 Å². The van der Waals surface area contributed by atoms with Crippen LogP contribution in [0.4, 0.5) is 11.5 Å². The Bertz CT molecular complexity index is 477. The van der Waals surface area contributed by atoms with Crippen molar-refractivity contribution in [3.05, 3.63) is 22.2 Å². The highest BCUT2D eigenvalue weighted by Crippen LogP contribution is 2.28. The normalized spacial score (nSPS) is 11.7. The van der Waals surface area contributed by atoms with Gasteiger partial charge in [-0.25, -0.2) is 4.79 Å². The lowest BCUT2D eigenvalue weighted by molar-refractivity contribution is -0.384. The minimum absolute atomic E-state index is 0.0470. The molecule has 98 valence electrons. The molecule has 1 aromatic heterocycles. The average molecular weight is 255 g/mol. The molecule has 1 atom stereocenters. The van der Waals surface area contributed by atoms with Crippen LogP contribution >= 0.6 is 0 Å². The molecule has 0 saturated heterocycles. The number of aromatic nitrogens is 1. The predicted octanol–water partition coefficient (Wildman–Crippen LogP) is 0.908. The van der Waals surface area contributed by atoms with E-state index in [0.717, 1.165) is 0 Å². The van der Waals surface area contributed by atoms with Crippen molar-refractivity contribution in [2.45, 2.75) is 13.0 Å². The van der Waals surface area contributed by atoms with Gasteiger partial charge in [0.25, 0.3) is 0 Å². The Morgan fingerprint density at radius 1 is 1.61 bits per heavy atom. The number of carboxylic acid groups (broad SMARTS) is 1. The number of carbonyl (C=O) groups is 1. The summed E-state index contributed by atoms with van der Waals surface area (Å²) < 4.78 is 4.87. The monoisotopic (exact) mass is 255 g/mol. The van der Waals surface area contributed by atoms with E-state index in [4.69, 9.17) is 9.84 Å². The molecule has 0 radical (unpaired) electrons. The highest BCUT2D eigenvalue weighted by atomic mass is 16.6. The fourth-order valence-electron chi connectivity index (χ4n) is 1.29. The molecule has 0 aliphatic rings. The molecule has 0 aliphatic heterocycles. The lowest BCUT2D eigenvalue weighted by atomic mass is 10.2. The number of ether oxygens (including phenoxy) is 1. The van der Waals surface area contributed by atoms with Crippen molar-refractivity contribution in [2.24, 2.45) is 0 Å². The number of hydrogen-bond acceptors (Lipinski definition) is 6. The topological polar surface area (TPSA) is 106 Å². The van der Waals surface area contributed by atoms with E-state index in [2.05, 4.69) is 4.98 Å². The summed E-state index contributed by atoms with van der Waals surface area (Å²) in [5.41, 5.74) is -0.272. The lowest BCUT2D eigenvalue weighted by Crippen LogP contribution is -2.36. The Labute approximate surface area is 103 Å². The van der Waals surface area contributed by atoms with E-state index in [0.29, 0.717) is 0 Å². The van der Waals surface area contributed by atoms with Crippen LogP contribution in [-0.2, 0) is 4.79 Å². The molecule has 0 spiro atoms. The molecule has 1 rings (SSSR count). The van der Waals surface area contributed by atoms with Gasteiger partial charge in [-0.15, -0.1) is 0 Å². The van der Waals surface area contributed by atoms with Gasteiger partial charge in [0, 0.05) is 19.2 Å². The molecule has 0 aromatic carbocycles. The third kappa shape index (κ3) is 2.65. The van der Waals surface area contributed by atoms with Gasteiger partial charge in [0.05, 0.1) is 12.0 Å². The first-order valence-corrected chi connectivity index (χ1v) is 5.03. The van der Waals surface area contributed by atoms with E-state index in [1.54, 1.807) is 0 Å². The maximum absolute atomic E-state index is 10.9. The van der Waals surface area contributed by atoms with Gasteiger partial charge in [-0.05, 0) is 6.92 Å². The van der Waals surface area contributed by atoms with E-state index in [-0.39, 0.29) is 17.4 Å². The van der Waals surface area contributed by atoms with Crippen LogP contribution in [0.1, 0.15) is 6.92 Å². The number of nitro groups is 1. The number of likely N-dealkylation sites (N-methyl/N-ethyl adjacent to an activating group) is 1. The first kappa shape index (κ1) is 13.7. The fraction of sp³-hybridized carbons (Fsp3) is 0.400. The van der Waals surface area contributed by atoms with Gasteiger partial charge < -0.3 is 14.7 Å². The summed E-state index contributed by atoms with van der Waals surface area (Å²) in [4.78, 5) is 26.3. The number of aliphatic carboxylic acids is 1. The van der Waals surface area contributed by atoms with E-state index < -0.39 is 16.9 Å². The Morgan fingerprint density at radius 2 is 2.22 bits per heavy atom. The van der Waals surface area contributed by atoms with Gasteiger partial charge in [-0.3, -0.25) is 10.1 Å². The smallest absolute Gasteiger partial charge is 0.326 e. The standard InChI is InChI=1S/C10H13N3O5/c1-6(10(14)15)12(2)9-7(13(16)17)4-5-8(11-9)18-3/h4-6H,1-3H3,(H,14,15). The van der Waals surface area contributed by atoms with Crippen molar-refractivity contribution < 1.29 is 19.6 Å². The van der Waals surface area contributed by atoms with Crippen LogP contribution in [0.2, 0.25) is 0 Å². The SMILES string of the molecule is COc1ccc([N+](=O)[O-])c(N(C)C(C)C(=O)O)n1. The van der Waals surface area contributed by atoms with E-state index >= 15 is 0 Å². The number of anilines is 1. The summed E-state index contributed by atoms with van der Waals surface area (Å²) in [7, 11) is 2.80. The number of rotatable bonds is 5. The Morgan fingerprint density at radius 3 is 2.67 bits per heavy atom. The van der Waals surface area contributed by atoms with Crippen molar-refractivity contribution in [3.8, 4) is 5.88 Å².